The molecule has 1 unspecified atom stereocenters. The summed E-state index contributed by atoms with van der Waals surface area (Å²) in [6.07, 6.45) is 3.47. The third-order valence-electron chi connectivity index (χ3n) is 2.78. The van der Waals surface area contributed by atoms with E-state index in [4.69, 9.17) is 0 Å². The van der Waals surface area contributed by atoms with Gasteiger partial charge in [-0.3, -0.25) is 0 Å². The van der Waals surface area contributed by atoms with Gasteiger partial charge < -0.3 is 5.32 Å². The molecule has 1 aromatic rings. The molecular weight excluding hydrogens is 233 g/mol. The third-order valence-corrected chi connectivity index (χ3v) is 3.91. The summed E-state index contributed by atoms with van der Waals surface area (Å²) in [4.78, 5) is 0.768. The lowest BCUT2D eigenvalue weighted by Crippen LogP contribution is -2.28. The van der Waals surface area contributed by atoms with Crippen LogP contribution in [0.1, 0.15) is 33.1 Å². The Morgan fingerprint density at radius 1 is 1.29 bits per heavy atom. The smallest absolute Gasteiger partial charge is 0.136 e. The summed E-state index contributed by atoms with van der Waals surface area (Å²) in [5.74, 6) is 0.888. The molecule has 0 aromatic heterocycles. The Morgan fingerprint density at radius 3 is 2.71 bits per heavy atom. The maximum absolute atomic E-state index is 13.3. The van der Waals surface area contributed by atoms with E-state index in [1.54, 1.807) is 17.8 Å². The summed E-state index contributed by atoms with van der Waals surface area (Å²) < 4.78 is 13.3. The predicted molar refractivity (Wildman–Crippen MR) is 74.1 cm³/mol. The molecule has 0 spiro atoms. The molecule has 0 fully saturated rings. The molecule has 0 aliphatic rings. The molecular formula is C14H22FNS. The van der Waals surface area contributed by atoms with Crippen molar-refractivity contribution < 1.29 is 4.39 Å². The summed E-state index contributed by atoms with van der Waals surface area (Å²) >= 11 is 1.61. The molecule has 3 heteroatoms. The van der Waals surface area contributed by atoms with Gasteiger partial charge in [-0.05, 0) is 43.7 Å². The van der Waals surface area contributed by atoms with Gasteiger partial charge in [0.05, 0.1) is 0 Å². The van der Waals surface area contributed by atoms with Gasteiger partial charge in [0.2, 0.25) is 0 Å². The highest BCUT2D eigenvalue weighted by atomic mass is 32.2. The minimum absolute atomic E-state index is 0.101. The van der Waals surface area contributed by atoms with Crippen LogP contribution in [-0.4, -0.2) is 18.3 Å². The van der Waals surface area contributed by atoms with Crippen molar-refractivity contribution in [3.8, 4) is 0 Å². The highest BCUT2D eigenvalue weighted by molar-refractivity contribution is 7.99. The minimum atomic E-state index is -0.101. The zero-order valence-corrected chi connectivity index (χ0v) is 11.5. The number of thioether (sulfide) groups is 1. The van der Waals surface area contributed by atoms with Crippen molar-refractivity contribution in [2.45, 2.75) is 44.0 Å². The Morgan fingerprint density at radius 2 is 2.06 bits per heavy atom. The minimum Gasteiger partial charge on any atom is -0.314 e. The van der Waals surface area contributed by atoms with E-state index in [1.165, 1.54) is 12.5 Å². The summed E-state index contributed by atoms with van der Waals surface area (Å²) in [5, 5.41) is 3.46. The van der Waals surface area contributed by atoms with Gasteiger partial charge in [-0.25, -0.2) is 4.39 Å². The standard InChI is InChI=1S/C14H22FNS/c1-3-12(16-4-2)8-7-11-17-14-10-6-5-9-13(14)15/h5-6,9-10,12,16H,3-4,7-8,11H2,1-2H3. The van der Waals surface area contributed by atoms with Gasteiger partial charge in [0.15, 0.2) is 0 Å². The second kappa shape index (κ2) is 8.54. The fourth-order valence-electron chi connectivity index (χ4n) is 1.81. The van der Waals surface area contributed by atoms with E-state index in [2.05, 4.69) is 19.2 Å². The van der Waals surface area contributed by atoms with Crippen molar-refractivity contribution >= 4 is 11.8 Å². The van der Waals surface area contributed by atoms with Crippen LogP contribution in [0.2, 0.25) is 0 Å². The molecule has 0 amide bonds. The molecule has 1 atom stereocenters. The molecule has 96 valence electrons. The van der Waals surface area contributed by atoms with Gasteiger partial charge in [0, 0.05) is 10.9 Å². The van der Waals surface area contributed by atoms with Gasteiger partial charge in [-0.15, -0.1) is 11.8 Å². The molecule has 0 aliphatic heterocycles. The van der Waals surface area contributed by atoms with E-state index >= 15 is 0 Å². The van der Waals surface area contributed by atoms with E-state index in [9.17, 15) is 4.39 Å². The van der Waals surface area contributed by atoms with Gasteiger partial charge in [0.1, 0.15) is 5.82 Å². The second-order valence-electron chi connectivity index (χ2n) is 4.08. The van der Waals surface area contributed by atoms with E-state index in [0.29, 0.717) is 6.04 Å². The van der Waals surface area contributed by atoms with Crippen LogP contribution in [-0.2, 0) is 0 Å². The zero-order chi connectivity index (χ0) is 12.5. The average Bonchev–Trinajstić information content (AvgIpc) is 2.35. The SMILES string of the molecule is CCNC(CC)CCCSc1ccccc1F. The Balaban J connectivity index is 2.22. The van der Waals surface area contributed by atoms with Gasteiger partial charge in [0.25, 0.3) is 0 Å². The molecule has 0 bridgehead atoms. The first-order valence-corrected chi connectivity index (χ1v) is 7.37. The number of halogens is 1. The zero-order valence-electron chi connectivity index (χ0n) is 10.7. The van der Waals surface area contributed by atoms with Crippen LogP contribution in [0.5, 0.6) is 0 Å². The monoisotopic (exact) mass is 255 g/mol. The quantitative estimate of drug-likeness (QED) is 0.555. The first kappa shape index (κ1) is 14.5. The van der Waals surface area contributed by atoms with Crippen LogP contribution in [0, 0.1) is 5.82 Å². The van der Waals surface area contributed by atoms with E-state index < -0.39 is 0 Å². The molecule has 0 radical (unpaired) electrons. The average molecular weight is 255 g/mol. The summed E-state index contributed by atoms with van der Waals surface area (Å²) in [6, 6.07) is 7.61. The van der Waals surface area contributed by atoms with Crippen molar-refractivity contribution in [1.29, 1.82) is 0 Å². The van der Waals surface area contributed by atoms with E-state index in [0.717, 1.165) is 30.0 Å². The molecule has 0 saturated carbocycles. The lowest BCUT2D eigenvalue weighted by atomic mass is 10.1. The summed E-state index contributed by atoms with van der Waals surface area (Å²) in [6.45, 7) is 5.37. The van der Waals surface area contributed by atoms with E-state index in [1.807, 2.05) is 12.1 Å². The van der Waals surface area contributed by atoms with Crippen molar-refractivity contribution in [3.63, 3.8) is 0 Å². The maximum atomic E-state index is 13.3. The second-order valence-corrected chi connectivity index (χ2v) is 5.22. The number of hydrogen-bond acceptors (Lipinski definition) is 2. The Bertz CT molecular complexity index is 317. The molecule has 1 aromatic carbocycles. The van der Waals surface area contributed by atoms with Crippen LogP contribution in [0.15, 0.2) is 29.2 Å². The normalized spacial score (nSPS) is 12.6. The number of rotatable bonds is 8. The lowest BCUT2D eigenvalue weighted by Gasteiger charge is -2.15. The number of nitrogens with one attached hydrogen (secondary N) is 1. The lowest BCUT2D eigenvalue weighted by molar-refractivity contribution is 0.477. The molecule has 1 N–H and O–H groups in total. The van der Waals surface area contributed by atoms with Crippen LogP contribution < -0.4 is 5.32 Å². The third kappa shape index (κ3) is 5.55. The Kier molecular flexibility index (Phi) is 7.29. The highest BCUT2D eigenvalue weighted by Crippen LogP contribution is 2.22. The molecule has 0 heterocycles. The van der Waals surface area contributed by atoms with Crippen molar-refractivity contribution in [3.05, 3.63) is 30.1 Å². The van der Waals surface area contributed by atoms with Crippen LogP contribution in [0.4, 0.5) is 4.39 Å². The van der Waals surface area contributed by atoms with Crippen molar-refractivity contribution in [1.82, 2.24) is 5.32 Å². The topological polar surface area (TPSA) is 12.0 Å². The molecule has 1 rings (SSSR count). The first-order valence-electron chi connectivity index (χ1n) is 6.38. The van der Waals surface area contributed by atoms with Crippen molar-refractivity contribution in [2.75, 3.05) is 12.3 Å². The van der Waals surface area contributed by atoms with Crippen molar-refractivity contribution in [2.24, 2.45) is 0 Å². The summed E-state index contributed by atoms with van der Waals surface area (Å²) in [5.41, 5.74) is 0. The number of hydrogen-bond donors (Lipinski definition) is 1. The first-order chi connectivity index (χ1) is 8.27. The van der Waals surface area contributed by atoms with Gasteiger partial charge >= 0.3 is 0 Å². The van der Waals surface area contributed by atoms with Gasteiger partial charge in [-0.2, -0.15) is 0 Å². The summed E-state index contributed by atoms with van der Waals surface area (Å²) in [7, 11) is 0. The number of benzene rings is 1. The highest BCUT2D eigenvalue weighted by Gasteiger charge is 2.05. The molecule has 1 nitrogen and oxygen atoms in total. The molecule has 0 saturated heterocycles. The van der Waals surface area contributed by atoms with Crippen LogP contribution in [0.3, 0.4) is 0 Å². The largest absolute Gasteiger partial charge is 0.314 e. The maximum Gasteiger partial charge on any atom is 0.136 e. The van der Waals surface area contributed by atoms with E-state index in [-0.39, 0.29) is 5.82 Å². The van der Waals surface area contributed by atoms with Crippen LogP contribution >= 0.6 is 11.8 Å². The Labute approximate surface area is 108 Å². The Hall–Kier alpha value is -0.540. The van der Waals surface area contributed by atoms with Gasteiger partial charge in [-0.1, -0.05) is 26.0 Å². The molecule has 17 heavy (non-hydrogen) atoms. The predicted octanol–water partition coefficient (Wildman–Crippen LogP) is 4.09. The fourth-order valence-corrected chi connectivity index (χ4v) is 2.72. The fraction of sp³-hybridized carbons (Fsp3) is 0.571. The molecule has 0 aliphatic carbocycles. The van der Waals surface area contributed by atoms with Crippen LogP contribution in [0.25, 0.3) is 0 Å².